The molecule has 2 aromatic rings. The van der Waals surface area contributed by atoms with Crippen LogP contribution in [0.2, 0.25) is 0 Å². The number of nitrogens with one attached hydrogen (secondary N) is 1. The molecule has 1 aliphatic heterocycles. The first-order chi connectivity index (χ1) is 9.75. The lowest BCUT2D eigenvalue weighted by Crippen LogP contribution is -2.46. The number of hydrogen-bond donors (Lipinski definition) is 1. The van der Waals surface area contributed by atoms with Crippen molar-refractivity contribution in [1.82, 2.24) is 25.0 Å². The van der Waals surface area contributed by atoms with E-state index in [0.29, 0.717) is 18.7 Å². The van der Waals surface area contributed by atoms with Crippen LogP contribution >= 0.6 is 0 Å². The van der Waals surface area contributed by atoms with Crippen LogP contribution in [0.1, 0.15) is 10.4 Å². The zero-order valence-corrected chi connectivity index (χ0v) is 10.8. The Labute approximate surface area is 115 Å². The molecule has 0 spiro atoms. The van der Waals surface area contributed by atoms with Crippen molar-refractivity contribution in [1.29, 1.82) is 0 Å². The van der Waals surface area contributed by atoms with Crippen LogP contribution in [0, 0.1) is 5.82 Å². The average molecular weight is 275 g/mol. The normalized spacial score (nSPS) is 15.3. The zero-order valence-electron chi connectivity index (χ0n) is 10.8. The molecule has 1 saturated heterocycles. The third-order valence-electron chi connectivity index (χ3n) is 3.26. The third kappa shape index (κ3) is 2.39. The number of carbonyl (C=O) groups is 1. The lowest BCUT2D eigenvalue weighted by molar-refractivity contribution is 0.0735. The molecule has 1 aliphatic rings. The maximum absolute atomic E-state index is 14.1. The largest absolute Gasteiger partial charge is 0.336 e. The Balaban J connectivity index is 1.84. The summed E-state index contributed by atoms with van der Waals surface area (Å²) in [6.07, 6.45) is 2.75. The van der Waals surface area contributed by atoms with E-state index in [4.69, 9.17) is 0 Å². The minimum Gasteiger partial charge on any atom is -0.336 e. The molecule has 20 heavy (non-hydrogen) atoms. The van der Waals surface area contributed by atoms with Gasteiger partial charge in [0, 0.05) is 31.7 Å². The highest BCUT2D eigenvalue weighted by atomic mass is 19.1. The van der Waals surface area contributed by atoms with Crippen molar-refractivity contribution in [3.05, 3.63) is 42.2 Å². The molecule has 0 saturated carbocycles. The SMILES string of the molecule is O=C(c1ccc(-n2cncn2)c(F)c1)N1CCNCC1. The minimum atomic E-state index is -0.489. The summed E-state index contributed by atoms with van der Waals surface area (Å²) in [6.45, 7) is 2.83. The smallest absolute Gasteiger partial charge is 0.254 e. The van der Waals surface area contributed by atoms with Crippen LogP contribution in [0.15, 0.2) is 30.9 Å². The van der Waals surface area contributed by atoms with Gasteiger partial charge in [-0.25, -0.2) is 14.1 Å². The molecule has 7 heteroatoms. The van der Waals surface area contributed by atoms with Gasteiger partial charge in [0.05, 0.1) is 0 Å². The average Bonchev–Trinajstić information content (AvgIpc) is 3.01. The van der Waals surface area contributed by atoms with Crippen molar-refractivity contribution in [2.24, 2.45) is 0 Å². The Hall–Kier alpha value is -2.28. The van der Waals surface area contributed by atoms with Gasteiger partial charge in [0.1, 0.15) is 24.2 Å². The van der Waals surface area contributed by atoms with Gasteiger partial charge in [0.15, 0.2) is 0 Å². The molecule has 3 rings (SSSR count). The second-order valence-corrected chi connectivity index (χ2v) is 4.55. The first-order valence-corrected chi connectivity index (χ1v) is 6.40. The van der Waals surface area contributed by atoms with Crippen LogP contribution in [0.4, 0.5) is 4.39 Å². The number of hydrogen-bond acceptors (Lipinski definition) is 4. The topological polar surface area (TPSA) is 63.1 Å². The quantitative estimate of drug-likeness (QED) is 0.864. The molecule has 0 unspecified atom stereocenters. The molecular formula is C13H14FN5O. The van der Waals surface area contributed by atoms with Gasteiger partial charge in [-0.2, -0.15) is 5.10 Å². The van der Waals surface area contributed by atoms with E-state index in [9.17, 15) is 9.18 Å². The van der Waals surface area contributed by atoms with Gasteiger partial charge in [-0.1, -0.05) is 0 Å². The van der Waals surface area contributed by atoms with Gasteiger partial charge in [0.25, 0.3) is 5.91 Å². The molecule has 104 valence electrons. The van der Waals surface area contributed by atoms with E-state index >= 15 is 0 Å². The summed E-state index contributed by atoms with van der Waals surface area (Å²) in [5, 5.41) is 7.05. The summed E-state index contributed by atoms with van der Waals surface area (Å²) in [5.41, 5.74) is 0.632. The summed E-state index contributed by atoms with van der Waals surface area (Å²) in [7, 11) is 0. The van der Waals surface area contributed by atoms with Crippen LogP contribution in [0.25, 0.3) is 5.69 Å². The summed E-state index contributed by atoms with van der Waals surface area (Å²) < 4.78 is 15.4. The lowest BCUT2D eigenvalue weighted by Gasteiger charge is -2.27. The highest BCUT2D eigenvalue weighted by Gasteiger charge is 2.19. The molecule has 1 aromatic heterocycles. The van der Waals surface area contributed by atoms with Gasteiger partial charge < -0.3 is 10.2 Å². The monoisotopic (exact) mass is 275 g/mol. The summed E-state index contributed by atoms with van der Waals surface area (Å²) >= 11 is 0. The highest BCUT2D eigenvalue weighted by molar-refractivity contribution is 5.94. The van der Waals surface area contributed by atoms with Gasteiger partial charge >= 0.3 is 0 Å². The van der Waals surface area contributed by atoms with E-state index in [1.807, 2.05) is 0 Å². The number of carbonyl (C=O) groups excluding carboxylic acids is 1. The van der Waals surface area contributed by atoms with Gasteiger partial charge in [0.2, 0.25) is 0 Å². The molecule has 6 nitrogen and oxygen atoms in total. The highest BCUT2D eigenvalue weighted by Crippen LogP contribution is 2.15. The molecule has 1 N–H and O–H groups in total. The fourth-order valence-corrected chi connectivity index (χ4v) is 2.21. The Bertz CT molecular complexity index is 607. The van der Waals surface area contributed by atoms with Gasteiger partial charge in [-0.3, -0.25) is 4.79 Å². The van der Waals surface area contributed by atoms with Gasteiger partial charge in [-0.15, -0.1) is 0 Å². The number of piperazine rings is 1. The zero-order chi connectivity index (χ0) is 13.9. The number of nitrogens with zero attached hydrogens (tertiary/aromatic N) is 4. The van der Waals surface area contributed by atoms with Crippen LogP contribution in [0.3, 0.4) is 0 Å². The summed E-state index contributed by atoms with van der Waals surface area (Å²) in [6, 6.07) is 4.41. The van der Waals surface area contributed by atoms with Crippen LogP contribution in [0.5, 0.6) is 0 Å². The van der Waals surface area contributed by atoms with E-state index in [-0.39, 0.29) is 11.6 Å². The second kappa shape index (κ2) is 5.38. The standard InChI is InChI=1S/C13H14FN5O/c14-11-7-10(13(20)18-5-3-15-4-6-18)1-2-12(11)19-9-16-8-17-19/h1-2,7-9,15H,3-6H2. The van der Waals surface area contributed by atoms with Crippen molar-refractivity contribution in [3.8, 4) is 5.69 Å². The summed E-state index contributed by atoms with van der Waals surface area (Å²) in [5.74, 6) is -0.632. The lowest BCUT2D eigenvalue weighted by atomic mass is 10.1. The van der Waals surface area contributed by atoms with Crippen molar-refractivity contribution in [3.63, 3.8) is 0 Å². The van der Waals surface area contributed by atoms with E-state index in [0.717, 1.165) is 13.1 Å². The van der Waals surface area contributed by atoms with Gasteiger partial charge in [-0.05, 0) is 18.2 Å². The summed E-state index contributed by atoms with van der Waals surface area (Å²) in [4.78, 5) is 17.7. The second-order valence-electron chi connectivity index (χ2n) is 4.55. The number of amides is 1. The van der Waals surface area contributed by atoms with E-state index in [1.165, 1.54) is 23.4 Å². The van der Waals surface area contributed by atoms with Crippen molar-refractivity contribution in [2.75, 3.05) is 26.2 Å². The molecule has 0 bridgehead atoms. The number of rotatable bonds is 2. The van der Waals surface area contributed by atoms with Crippen molar-refractivity contribution in [2.45, 2.75) is 0 Å². The Morgan fingerprint density at radius 2 is 2.10 bits per heavy atom. The number of halogens is 1. The molecule has 1 aromatic carbocycles. The molecule has 0 radical (unpaired) electrons. The van der Waals surface area contributed by atoms with Crippen LogP contribution < -0.4 is 5.32 Å². The maximum Gasteiger partial charge on any atom is 0.254 e. The van der Waals surface area contributed by atoms with Crippen molar-refractivity contribution >= 4 is 5.91 Å². The fraction of sp³-hybridized carbons (Fsp3) is 0.308. The number of benzene rings is 1. The molecule has 0 aliphatic carbocycles. The Morgan fingerprint density at radius 1 is 1.30 bits per heavy atom. The predicted octanol–water partition coefficient (Wildman–Crippen LogP) is 0.452. The van der Waals surface area contributed by atoms with Crippen LogP contribution in [-0.2, 0) is 0 Å². The Kier molecular flexibility index (Phi) is 3.42. The first-order valence-electron chi connectivity index (χ1n) is 6.40. The molecule has 1 amide bonds. The molecule has 1 fully saturated rings. The number of aromatic nitrogens is 3. The molecule has 2 heterocycles. The van der Waals surface area contributed by atoms with Crippen LogP contribution in [-0.4, -0.2) is 51.8 Å². The fourth-order valence-electron chi connectivity index (χ4n) is 2.21. The van der Waals surface area contributed by atoms with E-state index in [1.54, 1.807) is 17.0 Å². The minimum absolute atomic E-state index is 0.143. The van der Waals surface area contributed by atoms with E-state index < -0.39 is 5.82 Å². The first kappa shape index (κ1) is 12.7. The third-order valence-corrected chi connectivity index (χ3v) is 3.26. The van der Waals surface area contributed by atoms with E-state index in [2.05, 4.69) is 15.4 Å². The predicted molar refractivity (Wildman–Crippen MR) is 70.1 cm³/mol. The molecule has 0 atom stereocenters. The molecular weight excluding hydrogens is 261 g/mol. The maximum atomic E-state index is 14.1. The Morgan fingerprint density at radius 3 is 2.75 bits per heavy atom. The van der Waals surface area contributed by atoms with Crippen molar-refractivity contribution < 1.29 is 9.18 Å².